The summed E-state index contributed by atoms with van der Waals surface area (Å²) in [5.74, 6) is -1.82. The Morgan fingerprint density at radius 3 is 2.41 bits per heavy atom. The number of hydrogen-bond acceptors (Lipinski definition) is 8. The highest BCUT2D eigenvalue weighted by Crippen LogP contribution is 2.22. The molecule has 0 radical (unpaired) electrons. The van der Waals surface area contributed by atoms with E-state index in [0.717, 1.165) is 5.56 Å². The van der Waals surface area contributed by atoms with Crippen LogP contribution in [0.4, 0.5) is 4.79 Å². The van der Waals surface area contributed by atoms with E-state index in [-0.39, 0.29) is 43.5 Å². The second kappa shape index (κ2) is 12.0. The van der Waals surface area contributed by atoms with Crippen LogP contribution in [0.3, 0.4) is 0 Å². The molecule has 37 heavy (non-hydrogen) atoms. The molecule has 3 aromatic rings. The predicted octanol–water partition coefficient (Wildman–Crippen LogP) is 3.13. The van der Waals surface area contributed by atoms with E-state index in [0.29, 0.717) is 18.7 Å². The van der Waals surface area contributed by atoms with Crippen molar-refractivity contribution < 1.29 is 28.6 Å². The SMILES string of the molecule is CCOC(=O)c1nc2n(c(=O)c1OC(=O)c1ccccc1)CC(CNC(=O)OCc1ccccc1)CC2. The molecule has 1 atom stereocenters. The Morgan fingerprint density at radius 2 is 1.70 bits per heavy atom. The van der Waals surface area contributed by atoms with Crippen molar-refractivity contribution in [1.82, 2.24) is 14.9 Å². The van der Waals surface area contributed by atoms with Gasteiger partial charge in [-0.15, -0.1) is 0 Å². The summed E-state index contributed by atoms with van der Waals surface area (Å²) in [6.45, 7) is 2.34. The van der Waals surface area contributed by atoms with Crippen molar-refractivity contribution in [1.29, 1.82) is 0 Å². The molecule has 4 rings (SSSR count). The van der Waals surface area contributed by atoms with Crippen LogP contribution in [0.25, 0.3) is 0 Å². The molecule has 0 saturated heterocycles. The minimum Gasteiger partial charge on any atom is -0.461 e. The molecule has 1 aromatic heterocycles. The van der Waals surface area contributed by atoms with Gasteiger partial charge in [-0.25, -0.2) is 19.4 Å². The van der Waals surface area contributed by atoms with Gasteiger partial charge in [0.2, 0.25) is 5.75 Å². The zero-order valence-corrected chi connectivity index (χ0v) is 20.3. The van der Waals surface area contributed by atoms with Crippen molar-refractivity contribution in [3.05, 3.63) is 93.7 Å². The number of carbonyl (C=O) groups excluding carboxylic acids is 3. The first kappa shape index (κ1) is 25.6. The van der Waals surface area contributed by atoms with Gasteiger partial charge in [0.25, 0.3) is 5.56 Å². The highest BCUT2D eigenvalue weighted by Gasteiger charge is 2.30. The van der Waals surface area contributed by atoms with E-state index >= 15 is 0 Å². The Bertz CT molecular complexity index is 1320. The molecule has 2 heterocycles. The van der Waals surface area contributed by atoms with E-state index in [1.54, 1.807) is 25.1 Å². The average molecular weight is 506 g/mol. The second-order valence-electron chi connectivity index (χ2n) is 8.44. The maximum absolute atomic E-state index is 13.4. The summed E-state index contributed by atoms with van der Waals surface area (Å²) in [4.78, 5) is 55.1. The number of ether oxygens (including phenoxy) is 3. The van der Waals surface area contributed by atoms with E-state index in [1.165, 1.54) is 16.7 Å². The molecule has 0 bridgehead atoms. The average Bonchev–Trinajstić information content (AvgIpc) is 2.93. The van der Waals surface area contributed by atoms with Crippen LogP contribution in [0.5, 0.6) is 5.75 Å². The number of alkyl carbamates (subject to hydrolysis) is 1. The van der Waals surface area contributed by atoms with E-state index in [9.17, 15) is 19.2 Å². The van der Waals surface area contributed by atoms with E-state index in [1.807, 2.05) is 30.3 Å². The summed E-state index contributed by atoms with van der Waals surface area (Å²) in [6.07, 6.45) is 0.451. The smallest absolute Gasteiger partial charge is 0.407 e. The first-order valence-corrected chi connectivity index (χ1v) is 12.0. The van der Waals surface area contributed by atoms with Crippen molar-refractivity contribution in [3.63, 3.8) is 0 Å². The first-order valence-electron chi connectivity index (χ1n) is 12.0. The molecule has 10 nitrogen and oxygen atoms in total. The number of carbonyl (C=O) groups is 3. The van der Waals surface area contributed by atoms with E-state index in [4.69, 9.17) is 14.2 Å². The zero-order valence-electron chi connectivity index (χ0n) is 20.3. The van der Waals surface area contributed by atoms with Gasteiger partial charge in [-0.2, -0.15) is 0 Å². The Kier molecular flexibility index (Phi) is 8.29. The van der Waals surface area contributed by atoms with Crippen molar-refractivity contribution in [3.8, 4) is 5.75 Å². The van der Waals surface area contributed by atoms with Gasteiger partial charge in [0.15, 0.2) is 5.69 Å². The van der Waals surface area contributed by atoms with Crippen molar-refractivity contribution >= 4 is 18.0 Å². The van der Waals surface area contributed by atoms with Gasteiger partial charge in [0.05, 0.1) is 12.2 Å². The van der Waals surface area contributed by atoms with Gasteiger partial charge in [0, 0.05) is 19.5 Å². The van der Waals surface area contributed by atoms with Gasteiger partial charge in [-0.3, -0.25) is 9.36 Å². The lowest BCUT2D eigenvalue weighted by molar-refractivity contribution is 0.0510. The summed E-state index contributed by atoms with van der Waals surface area (Å²) in [5.41, 5.74) is 0.101. The molecular weight excluding hydrogens is 478 g/mol. The van der Waals surface area contributed by atoms with Crippen LogP contribution < -0.4 is 15.6 Å². The summed E-state index contributed by atoms with van der Waals surface area (Å²) >= 11 is 0. The Labute approximate surface area is 213 Å². The number of nitrogens with one attached hydrogen (secondary N) is 1. The van der Waals surface area contributed by atoms with Crippen LogP contribution >= 0.6 is 0 Å². The molecule has 0 spiro atoms. The number of fused-ring (bicyclic) bond motifs is 1. The first-order chi connectivity index (χ1) is 18.0. The molecule has 2 aromatic carbocycles. The molecule has 0 aliphatic carbocycles. The van der Waals surface area contributed by atoms with Gasteiger partial charge < -0.3 is 19.5 Å². The minimum atomic E-state index is -0.844. The number of amides is 1. The van der Waals surface area contributed by atoms with Crippen LogP contribution in [0.2, 0.25) is 0 Å². The number of aryl methyl sites for hydroxylation is 1. The van der Waals surface area contributed by atoms with Gasteiger partial charge in [-0.1, -0.05) is 48.5 Å². The molecule has 10 heteroatoms. The third-order valence-corrected chi connectivity index (χ3v) is 5.84. The van der Waals surface area contributed by atoms with Crippen LogP contribution in [-0.4, -0.2) is 40.7 Å². The number of hydrogen-bond donors (Lipinski definition) is 1. The van der Waals surface area contributed by atoms with E-state index in [2.05, 4.69) is 10.3 Å². The molecule has 1 unspecified atom stereocenters. The molecule has 0 fully saturated rings. The quantitative estimate of drug-likeness (QED) is 0.463. The summed E-state index contributed by atoms with van der Waals surface area (Å²) in [5, 5.41) is 2.73. The van der Waals surface area contributed by atoms with Crippen molar-refractivity contribution in [2.45, 2.75) is 32.9 Å². The Hall–Kier alpha value is -4.47. The van der Waals surface area contributed by atoms with Crippen molar-refractivity contribution in [2.75, 3.05) is 13.2 Å². The Morgan fingerprint density at radius 1 is 1.00 bits per heavy atom. The normalized spacial score (nSPS) is 14.2. The molecule has 0 saturated carbocycles. The lowest BCUT2D eigenvalue weighted by atomic mass is 9.99. The fourth-order valence-corrected chi connectivity index (χ4v) is 3.97. The number of benzene rings is 2. The topological polar surface area (TPSA) is 126 Å². The molecular formula is C27H27N3O7. The second-order valence-corrected chi connectivity index (χ2v) is 8.44. The fraction of sp³-hybridized carbons (Fsp3) is 0.296. The van der Waals surface area contributed by atoms with Gasteiger partial charge >= 0.3 is 18.0 Å². The molecule has 1 aliphatic rings. The van der Waals surface area contributed by atoms with Crippen LogP contribution in [0.15, 0.2) is 65.5 Å². The summed E-state index contributed by atoms with van der Waals surface area (Å²) in [6, 6.07) is 17.4. The maximum Gasteiger partial charge on any atom is 0.407 e. The highest BCUT2D eigenvalue weighted by atomic mass is 16.6. The maximum atomic E-state index is 13.4. The van der Waals surface area contributed by atoms with Crippen LogP contribution in [0, 0.1) is 5.92 Å². The molecule has 1 aliphatic heterocycles. The standard InChI is InChI=1S/C27H27N3O7/c1-2-35-26(33)22-23(37-25(32)20-11-7-4-8-12-20)24(31)30-16-19(13-14-21(30)29-22)15-28-27(34)36-17-18-9-5-3-6-10-18/h3-12,19H,2,13-17H2,1H3,(H,28,34). The predicted molar refractivity (Wildman–Crippen MR) is 132 cm³/mol. The minimum absolute atomic E-state index is 0.0686. The largest absolute Gasteiger partial charge is 0.461 e. The van der Waals surface area contributed by atoms with Gasteiger partial charge in [0.1, 0.15) is 12.4 Å². The molecule has 1 amide bonds. The summed E-state index contributed by atoms with van der Waals surface area (Å²) in [7, 11) is 0. The zero-order chi connectivity index (χ0) is 26.2. The molecule has 1 N–H and O–H groups in total. The lowest BCUT2D eigenvalue weighted by Crippen LogP contribution is -2.39. The highest BCUT2D eigenvalue weighted by molar-refractivity contribution is 5.94. The van der Waals surface area contributed by atoms with Crippen LogP contribution in [0.1, 0.15) is 45.6 Å². The third kappa shape index (κ3) is 6.40. The van der Waals surface area contributed by atoms with E-state index < -0.39 is 29.3 Å². The fourth-order valence-electron chi connectivity index (χ4n) is 3.97. The van der Waals surface area contributed by atoms with Crippen molar-refractivity contribution in [2.24, 2.45) is 5.92 Å². The monoisotopic (exact) mass is 505 g/mol. The van der Waals surface area contributed by atoms with Crippen LogP contribution in [-0.2, 0) is 29.0 Å². The number of nitrogens with zero attached hydrogens (tertiary/aromatic N) is 2. The third-order valence-electron chi connectivity index (χ3n) is 5.84. The number of aromatic nitrogens is 2. The number of esters is 2. The number of rotatable bonds is 8. The summed E-state index contributed by atoms with van der Waals surface area (Å²) < 4.78 is 17.0. The van der Waals surface area contributed by atoms with Gasteiger partial charge in [-0.05, 0) is 37.0 Å². The Balaban J connectivity index is 1.48. The molecule has 192 valence electrons. The lowest BCUT2D eigenvalue weighted by Gasteiger charge is -2.26.